The topological polar surface area (TPSA) is 58.2 Å². The van der Waals surface area contributed by atoms with Crippen LogP contribution in [0.15, 0.2) is 34.9 Å². The van der Waals surface area contributed by atoms with Crippen LogP contribution < -0.4 is 0 Å². The molecule has 1 aliphatic rings. The average Bonchev–Trinajstić information content (AvgIpc) is 3.00. The van der Waals surface area contributed by atoms with Crippen molar-refractivity contribution in [2.45, 2.75) is 59.2 Å². The van der Waals surface area contributed by atoms with Crippen molar-refractivity contribution in [3.63, 3.8) is 0 Å². The highest BCUT2D eigenvalue weighted by atomic mass is 79.9. The van der Waals surface area contributed by atoms with E-state index in [4.69, 9.17) is 4.74 Å². The minimum Gasteiger partial charge on any atom is -0.444 e. The summed E-state index contributed by atoms with van der Waals surface area (Å²) in [6, 6.07) is 8.04. The molecule has 1 aliphatic carbocycles. The van der Waals surface area contributed by atoms with Gasteiger partial charge >= 0.3 is 6.09 Å². The molecular formula is C21H28BrN3O2. The maximum Gasteiger partial charge on any atom is 0.411 e. The van der Waals surface area contributed by atoms with E-state index in [0.717, 1.165) is 21.6 Å². The van der Waals surface area contributed by atoms with Gasteiger partial charge in [0.15, 0.2) is 0 Å². The smallest absolute Gasteiger partial charge is 0.411 e. The lowest BCUT2D eigenvalue weighted by Gasteiger charge is -2.31. The van der Waals surface area contributed by atoms with Gasteiger partial charge in [-0.05, 0) is 57.2 Å². The Kier molecular flexibility index (Phi) is 5.39. The third-order valence-corrected chi connectivity index (χ3v) is 5.78. The van der Waals surface area contributed by atoms with Crippen molar-refractivity contribution in [1.82, 2.24) is 14.9 Å². The molecule has 3 unspecified atom stereocenters. The van der Waals surface area contributed by atoms with Gasteiger partial charge in [-0.1, -0.05) is 41.9 Å². The minimum atomic E-state index is -0.526. The number of H-pyrrole nitrogens is 1. The fourth-order valence-electron chi connectivity index (χ4n) is 3.45. The van der Waals surface area contributed by atoms with Crippen molar-refractivity contribution in [3.8, 4) is 11.3 Å². The largest absolute Gasteiger partial charge is 0.444 e. The van der Waals surface area contributed by atoms with Crippen LogP contribution >= 0.6 is 15.9 Å². The number of halogens is 1. The van der Waals surface area contributed by atoms with E-state index in [2.05, 4.69) is 39.7 Å². The highest BCUT2D eigenvalue weighted by Gasteiger charge is 2.51. The molecule has 1 aromatic heterocycles. The number of nitrogens with one attached hydrogen (secondary N) is 1. The van der Waals surface area contributed by atoms with Gasteiger partial charge < -0.3 is 9.72 Å². The molecule has 6 heteroatoms. The number of hydrogen-bond acceptors (Lipinski definition) is 3. The number of amides is 1. The molecule has 0 spiro atoms. The summed E-state index contributed by atoms with van der Waals surface area (Å²) in [7, 11) is 0. The molecule has 1 heterocycles. The molecule has 3 atom stereocenters. The number of carbonyl (C=O) groups excluding carboxylic acids is 1. The molecule has 0 bridgehead atoms. The predicted molar refractivity (Wildman–Crippen MR) is 110 cm³/mol. The van der Waals surface area contributed by atoms with Crippen molar-refractivity contribution in [2.24, 2.45) is 11.8 Å². The van der Waals surface area contributed by atoms with Gasteiger partial charge in [0.1, 0.15) is 11.4 Å². The Morgan fingerprint density at radius 2 is 1.81 bits per heavy atom. The Bertz CT molecular complexity index is 802. The number of aromatic nitrogens is 2. The molecule has 146 valence electrons. The molecule has 2 aromatic rings. The summed E-state index contributed by atoms with van der Waals surface area (Å²) in [6.07, 6.45) is 1.54. The lowest BCUT2D eigenvalue weighted by Crippen LogP contribution is -2.41. The van der Waals surface area contributed by atoms with Crippen LogP contribution in [0.1, 0.15) is 53.4 Å². The number of imidazole rings is 1. The van der Waals surface area contributed by atoms with E-state index in [1.807, 2.05) is 63.1 Å². The first-order valence-electron chi connectivity index (χ1n) is 9.40. The van der Waals surface area contributed by atoms with Gasteiger partial charge in [-0.2, -0.15) is 0 Å². The molecule has 5 nitrogen and oxygen atoms in total. The monoisotopic (exact) mass is 433 g/mol. The first-order valence-corrected chi connectivity index (χ1v) is 10.2. The normalized spacial score (nSPS) is 23.0. The van der Waals surface area contributed by atoms with Gasteiger partial charge in [0.05, 0.1) is 17.9 Å². The van der Waals surface area contributed by atoms with E-state index in [1.54, 1.807) is 0 Å². The molecule has 27 heavy (non-hydrogen) atoms. The van der Waals surface area contributed by atoms with E-state index < -0.39 is 5.60 Å². The summed E-state index contributed by atoms with van der Waals surface area (Å²) in [4.78, 5) is 22.7. The van der Waals surface area contributed by atoms with Crippen LogP contribution in [0.5, 0.6) is 0 Å². The zero-order valence-corrected chi connectivity index (χ0v) is 18.4. The maximum absolute atomic E-state index is 12.9. The maximum atomic E-state index is 12.9. The zero-order valence-electron chi connectivity index (χ0n) is 16.8. The van der Waals surface area contributed by atoms with Crippen LogP contribution in [0.25, 0.3) is 11.3 Å². The number of ether oxygens (including phenoxy) is 1. The van der Waals surface area contributed by atoms with Crippen LogP contribution in [-0.4, -0.2) is 32.6 Å². The predicted octanol–water partition coefficient (Wildman–Crippen LogP) is 5.79. The van der Waals surface area contributed by atoms with Gasteiger partial charge in [0.2, 0.25) is 0 Å². The van der Waals surface area contributed by atoms with E-state index in [9.17, 15) is 4.79 Å². The summed E-state index contributed by atoms with van der Waals surface area (Å²) in [5.41, 5.74) is 1.47. The van der Waals surface area contributed by atoms with E-state index in [1.165, 1.54) is 0 Å². The van der Waals surface area contributed by atoms with Crippen LogP contribution in [0.4, 0.5) is 4.79 Å². The number of nitrogens with zero attached hydrogens (tertiary/aromatic N) is 2. The number of carbonyl (C=O) groups is 1. The molecule has 0 aliphatic heterocycles. The SMILES string of the molecule is CC1C(C)C1N(C(=O)OC(C)(C)C)C(C)c1ncc(-c2ccc(Br)cc2)[nH]1. The van der Waals surface area contributed by atoms with E-state index in [0.29, 0.717) is 11.8 Å². The Morgan fingerprint density at radius 3 is 2.33 bits per heavy atom. The number of benzene rings is 1. The summed E-state index contributed by atoms with van der Waals surface area (Å²) in [6.45, 7) is 12.0. The van der Waals surface area contributed by atoms with Gasteiger partial charge in [-0.15, -0.1) is 0 Å². The molecule has 1 saturated carbocycles. The molecule has 1 N–H and O–H groups in total. The Hall–Kier alpha value is -1.82. The second-order valence-corrected chi connectivity index (χ2v) is 9.38. The first-order chi connectivity index (χ1) is 12.6. The Morgan fingerprint density at radius 1 is 1.22 bits per heavy atom. The Labute approximate surface area is 169 Å². The van der Waals surface area contributed by atoms with Gasteiger partial charge in [0.25, 0.3) is 0 Å². The van der Waals surface area contributed by atoms with Gasteiger partial charge in [-0.25, -0.2) is 9.78 Å². The molecule has 1 fully saturated rings. The summed E-state index contributed by atoms with van der Waals surface area (Å²) >= 11 is 3.46. The van der Waals surface area contributed by atoms with E-state index >= 15 is 0 Å². The summed E-state index contributed by atoms with van der Waals surface area (Å²) < 4.78 is 6.72. The second-order valence-electron chi connectivity index (χ2n) is 8.46. The van der Waals surface area contributed by atoms with Crippen LogP contribution in [0.2, 0.25) is 0 Å². The van der Waals surface area contributed by atoms with Crippen molar-refractivity contribution < 1.29 is 9.53 Å². The van der Waals surface area contributed by atoms with Gasteiger partial charge in [0, 0.05) is 10.5 Å². The van der Waals surface area contributed by atoms with Crippen molar-refractivity contribution in [1.29, 1.82) is 0 Å². The number of hydrogen-bond donors (Lipinski definition) is 1. The van der Waals surface area contributed by atoms with Crippen LogP contribution in [0, 0.1) is 11.8 Å². The summed E-state index contributed by atoms with van der Waals surface area (Å²) in [5.74, 6) is 1.69. The quantitative estimate of drug-likeness (QED) is 0.663. The highest BCUT2D eigenvalue weighted by molar-refractivity contribution is 9.10. The molecule has 3 rings (SSSR count). The highest BCUT2D eigenvalue weighted by Crippen LogP contribution is 2.46. The number of rotatable bonds is 4. The first kappa shape index (κ1) is 19.9. The molecule has 1 amide bonds. The fourth-order valence-corrected chi connectivity index (χ4v) is 3.72. The van der Waals surface area contributed by atoms with Crippen LogP contribution in [-0.2, 0) is 4.74 Å². The average molecular weight is 434 g/mol. The molecular weight excluding hydrogens is 406 g/mol. The lowest BCUT2D eigenvalue weighted by molar-refractivity contribution is 0.0126. The Balaban J connectivity index is 1.85. The standard InChI is InChI=1S/C21H28BrN3O2/c1-12-13(2)18(12)25(20(26)27-21(4,5)6)14(3)19-23-11-17(24-19)15-7-9-16(22)10-8-15/h7-14,18H,1-6H3,(H,23,24). The lowest BCUT2D eigenvalue weighted by atomic mass is 10.2. The van der Waals surface area contributed by atoms with Crippen LogP contribution in [0.3, 0.4) is 0 Å². The van der Waals surface area contributed by atoms with Crippen molar-refractivity contribution >= 4 is 22.0 Å². The van der Waals surface area contributed by atoms with Crippen molar-refractivity contribution in [2.75, 3.05) is 0 Å². The van der Waals surface area contributed by atoms with E-state index in [-0.39, 0.29) is 18.2 Å². The summed E-state index contributed by atoms with van der Waals surface area (Å²) in [5, 5.41) is 0. The van der Waals surface area contributed by atoms with Crippen molar-refractivity contribution in [3.05, 3.63) is 40.8 Å². The third kappa shape index (κ3) is 4.37. The fraction of sp³-hybridized carbons (Fsp3) is 0.524. The molecule has 1 aromatic carbocycles. The molecule has 0 radical (unpaired) electrons. The zero-order chi connectivity index (χ0) is 19.9. The van der Waals surface area contributed by atoms with Gasteiger partial charge in [-0.3, -0.25) is 4.90 Å². The second kappa shape index (κ2) is 7.30. The molecule has 0 saturated heterocycles. The minimum absolute atomic E-state index is 0.177. The number of aromatic amines is 1. The third-order valence-electron chi connectivity index (χ3n) is 5.26.